The van der Waals surface area contributed by atoms with Crippen LogP contribution in [0.25, 0.3) is 0 Å². The van der Waals surface area contributed by atoms with Crippen LogP contribution >= 0.6 is 15.9 Å². The Morgan fingerprint density at radius 3 is 2.47 bits per heavy atom. The summed E-state index contributed by atoms with van der Waals surface area (Å²) in [5, 5.41) is 0. The van der Waals surface area contributed by atoms with Crippen molar-refractivity contribution < 1.29 is 23.8 Å². The molecule has 0 heterocycles. The number of hydrogen-bond donors (Lipinski definition) is 0. The van der Waals surface area contributed by atoms with Crippen molar-refractivity contribution in [3.8, 4) is 5.75 Å². The van der Waals surface area contributed by atoms with Crippen molar-refractivity contribution in [1.29, 1.82) is 0 Å². The standard InChI is InChI=1S/C11H11BrO5/c1-15-10(13)6-17-9-4-3-7(5-8(9)12)11(14)16-2/h3-5H,6H2,1-2H3. The van der Waals surface area contributed by atoms with Gasteiger partial charge in [0.05, 0.1) is 24.3 Å². The number of benzene rings is 1. The van der Waals surface area contributed by atoms with Gasteiger partial charge < -0.3 is 14.2 Å². The summed E-state index contributed by atoms with van der Waals surface area (Å²) in [7, 11) is 2.58. The summed E-state index contributed by atoms with van der Waals surface area (Å²) in [6, 6.07) is 4.67. The minimum atomic E-state index is -0.478. The van der Waals surface area contributed by atoms with E-state index in [1.807, 2.05) is 0 Å². The van der Waals surface area contributed by atoms with Crippen LogP contribution in [0.1, 0.15) is 10.4 Å². The molecule has 6 heteroatoms. The second-order valence-electron chi connectivity index (χ2n) is 3.00. The highest BCUT2D eigenvalue weighted by atomic mass is 79.9. The molecule has 0 aromatic heterocycles. The first-order chi connectivity index (χ1) is 8.08. The molecule has 5 nitrogen and oxygen atoms in total. The number of methoxy groups -OCH3 is 2. The first-order valence-corrected chi connectivity index (χ1v) is 5.45. The lowest BCUT2D eigenvalue weighted by Crippen LogP contribution is -2.13. The Hall–Kier alpha value is -1.56. The summed E-state index contributed by atoms with van der Waals surface area (Å²) in [6.45, 7) is -0.188. The van der Waals surface area contributed by atoms with E-state index < -0.39 is 11.9 Å². The molecule has 0 aliphatic carbocycles. The van der Waals surface area contributed by atoms with Crippen LogP contribution < -0.4 is 4.74 Å². The molecule has 0 aliphatic rings. The van der Waals surface area contributed by atoms with Gasteiger partial charge in [-0.2, -0.15) is 0 Å². The molecule has 17 heavy (non-hydrogen) atoms. The molecule has 0 N–H and O–H groups in total. The van der Waals surface area contributed by atoms with Gasteiger partial charge in [-0.1, -0.05) is 0 Å². The largest absolute Gasteiger partial charge is 0.481 e. The van der Waals surface area contributed by atoms with Crippen LogP contribution in [0.5, 0.6) is 5.75 Å². The van der Waals surface area contributed by atoms with Crippen LogP contribution in [0, 0.1) is 0 Å². The minimum Gasteiger partial charge on any atom is -0.481 e. The van der Waals surface area contributed by atoms with E-state index in [0.717, 1.165) is 0 Å². The molecule has 0 bridgehead atoms. The molecule has 0 saturated heterocycles. The Kier molecular flexibility index (Phi) is 4.96. The molecule has 0 aliphatic heterocycles. The van der Waals surface area contributed by atoms with Crippen LogP contribution in [-0.4, -0.2) is 32.8 Å². The van der Waals surface area contributed by atoms with E-state index in [4.69, 9.17) is 4.74 Å². The van der Waals surface area contributed by atoms with Gasteiger partial charge >= 0.3 is 11.9 Å². The monoisotopic (exact) mass is 302 g/mol. The van der Waals surface area contributed by atoms with Crippen LogP contribution in [-0.2, 0) is 14.3 Å². The maximum atomic E-state index is 11.2. The minimum absolute atomic E-state index is 0.188. The van der Waals surface area contributed by atoms with Crippen LogP contribution in [0.15, 0.2) is 22.7 Å². The van der Waals surface area contributed by atoms with Gasteiger partial charge in [0.15, 0.2) is 6.61 Å². The van der Waals surface area contributed by atoms with Crippen molar-refractivity contribution in [3.05, 3.63) is 28.2 Å². The molecule has 0 saturated carbocycles. The smallest absolute Gasteiger partial charge is 0.343 e. The third-order valence-electron chi connectivity index (χ3n) is 1.93. The molecule has 0 unspecified atom stereocenters. The number of carbonyl (C=O) groups excluding carboxylic acids is 2. The molecule has 1 aromatic rings. The lowest BCUT2D eigenvalue weighted by atomic mass is 10.2. The van der Waals surface area contributed by atoms with E-state index in [0.29, 0.717) is 15.8 Å². The van der Waals surface area contributed by atoms with Crippen LogP contribution in [0.3, 0.4) is 0 Å². The van der Waals surface area contributed by atoms with Crippen LogP contribution in [0.4, 0.5) is 0 Å². The summed E-state index contributed by atoms with van der Waals surface area (Å²) in [6.07, 6.45) is 0. The van der Waals surface area contributed by atoms with Gasteiger partial charge in [-0.25, -0.2) is 9.59 Å². The summed E-state index contributed by atoms with van der Waals surface area (Å²) < 4.78 is 14.8. The normalized spacial score (nSPS) is 9.59. The fourth-order valence-electron chi connectivity index (χ4n) is 1.06. The highest BCUT2D eigenvalue weighted by molar-refractivity contribution is 9.10. The number of carbonyl (C=O) groups is 2. The van der Waals surface area contributed by atoms with Gasteiger partial charge in [0.1, 0.15) is 5.75 Å². The van der Waals surface area contributed by atoms with Gasteiger partial charge in [-0.3, -0.25) is 0 Å². The zero-order chi connectivity index (χ0) is 12.8. The molecule has 0 atom stereocenters. The fourth-order valence-corrected chi connectivity index (χ4v) is 1.55. The van der Waals surface area contributed by atoms with Crippen LogP contribution in [0.2, 0.25) is 0 Å². The number of esters is 2. The van der Waals surface area contributed by atoms with Crippen molar-refractivity contribution in [2.45, 2.75) is 0 Å². The van der Waals surface area contributed by atoms with E-state index in [1.165, 1.54) is 14.2 Å². The van der Waals surface area contributed by atoms with E-state index in [1.54, 1.807) is 18.2 Å². The number of ether oxygens (including phenoxy) is 3. The predicted octanol–water partition coefficient (Wildman–Crippen LogP) is 1.79. The highest BCUT2D eigenvalue weighted by Crippen LogP contribution is 2.26. The average molecular weight is 303 g/mol. The fraction of sp³-hybridized carbons (Fsp3) is 0.273. The lowest BCUT2D eigenvalue weighted by Gasteiger charge is -2.08. The summed E-state index contributed by atoms with van der Waals surface area (Å²) in [5.41, 5.74) is 0.393. The van der Waals surface area contributed by atoms with E-state index in [-0.39, 0.29) is 6.61 Å². The third-order valence-corrected chi connectivity index (χ3v) is 2.55. The predicted molar refractivity (Wildman–Crippen MR) is 63.0 cm³/mol. The van der Waals surface area contributed by atoms with Gasteiger partial charge in [0.25, 0.3) is 0 Å². The van der Waals surface area contributed by atoms with Gasteiger partial charge in [0.2, 0.25) is 0 Å². The zero-order valence-corrected chi connectivity index (χ0v) is 10.9. The zero-order valence-electron chi connectivity index (χ0n) is 9.36. The lowest BCUT2D eigenvalue weighted by molar-refractivity contribution is -0.142. The maximum absolute atomic E-state index is 11.2. The molecule has 0 amide bonds. The van der Waals surface area contributed by atoms with E-state index >= 15 is 0 Å². The molecule has 0 radical (unpaired) electrons. The van der Waals surface area contributed by atoms with Crippen molar-refractivity contribution in [1.82, 2.24) is 0 Å². The Labute approximate surface area is 107 Å². The first-order valence-electron chi connectivity index (χ1n) is 4.66. The third kappa shape index (κ3) is 3.74. The SMILES string of the molecule is COC(=O)COc1ccc(C(=O)OC)cc1Br. The van der Waals surface area contributed by atoms with E-state index in [2.05, 4.69) is 25.4 Å². The van der Waals surface area contributed by atoms with Crippen molar-refractivity contribution in [2.75, 3.05) is 20.8 Å². The average Bonchev–Trinajstić information content (AvgIpc) is 2.35. The summed E-state index contributed by atoms with van der Waals surface area (Å²) in [5.74, 6) is -0.470. The number of hydrogen-bond acceptors (Lipinski definition) is 5. The van der Waals surface area contributed by atoms with Crippen molar-refractivity contribution >= 4 is 27.9 Å². The molecule has 1 rings (SSSR count). The Balaban J connectivity index is 2.76. The molecule has 92 valence electrons. The molecule has 0 spiro atoms. The summed E-state index contributed by atoms with van der Waals surface area (Å²) in [4.78, 5) is 22.1. The Morgan fingerprint density at radius 1 is 1.24 bits per heavy atom. The molecule has 1 aromatic carbocycles. The Bertz CT molecular complexity index is 430. The second kappa shape index (κ2) is 6.24. The van der Waals surface area contributed by atoms with Crippen molar-refractivity contribution in [3.63, 3.8) is 0 Å². The number of rotatable bonds is 4. The summed E-state index contributed by atoms with van der Waals surface area (Å²) >= 11 is 3.23. The topological polar surface area (TPSA) is 61.8 Å². The van der Waals surface area contributed by atoms with Gasteiger partial charge in [-0.05, 0) is 34.1 Å². The van der Waals surface area contributed by atoms with E-state index in [9.17, 15) is 9.59 Å². The first kappa shape index (κ1) is 13.5. The molecular weight excluding hydrogens is 292 g/mol. The van der Waals surface area contributed by atoms with Crippen molar-refractivity contribution in [2.24, 2.45) is 0 Å². The number of halogens is 1. The second-order valence-corrected chi connectivity index (χ2v) is 3.86. The molecular formula is C11H11BrO5. The molecule has 0 fully saturated rings. The quantitative estimate of drug-likeness (QED) is 0.794. The maximum Gasteiger partial charge on any atom is 0.343 e. The Morgan fingerprint density at radius 2 is 1.94 bits per heavy atom. The highest BCUT2D eigenvalue weighted by Gasteiger charge is 2.10. The van der Waals surface area contributed by atoms with Gasteiger partial charge in [-0.15, -0.1) is 0 Å². The van der Waals surface area contributed by atoms with Gasteiger partial charge in [0, 0.05) is 0 Å².